The topological polar surface area (TPSA) is 64.9 Å². The van der Waals surface area contributed by atoms with Crippen molar-refractivity contribution in [2.75, 3.05) is 5.73 Å². The van der Waals surface area contributed by atoms with Gasteiger partial charge < -0.3 is 10.2 Å². The van der Waals surface area contributed by atoms with Crippen LogP contribution in [0.3, 0.4) is 0 Å². The third-order valence-corrected chi connectivity index (χ3v) is 2.47. The molecule has 5 heteroatoms. The number of halogens is 1. The van der Waals surface area contributed by atoms with Gasteiger partial charge in [-0.15, -0.1) is 10.2 Å². The Hall–Kier alpha value is -1.55. The van der Waals surface area contributed by atoms with Crippen LogP contribution >= 0.6 is 11.6 Å². The second kappa shape index (κ2) is 4.14. The maximum Gasteiger partial charge on any atom is 0.249 e. The molecule has 2 aromatic rings. The standard InChI is InChI=1S/C11H12ClN3O/c1-6(2)10-14-15-11(16-10)8-4-3-7(13)5-9(8)12/h3-6H,13H2,1-2H3. The highest BCUT2D eigenvalue weighted by Gasteiger charge is 2.13. The Morgan fingerprint density at radius 3 is 2.62 bits per heavy atom. The summed E-state index contributed by atoms with van der Waals surface area (Å²) in [5, 5.41) is 8.42. The minimum absolute atomic E-state index is 0.203. The number of nitrogens with zero attached hydrogens (tertiary/aromatic N) is 2. The summed E-state index contributed by atoms with van der Waals surface area (Å²) in [6.07, 6.45) is 0. The lowest BCUT2D eigenvalue weighted by atomic mass is 10.2. The number of benzene rings is 1. The van der Waals surface area contributed by atoms with Crippen molar-refractivity contribution in [3.05, 3.63) is 29.1 Å². The van der Waals surface area contributed by atoms with Crippen molar-refractivity contribution in [3.63, 3.8) is 0 Å². The summed E-state index contributed by atoms with van der Waals surface area (Å²) in [7, 11) is 0. The molecule has 0 unspecified atom stereocenters. The molecule has 2 N–H and O–H groups in total. The van der Waals surface area contributed by atoms with Crippen molar-refractivity contribution < 1.29 is 4.42 Å². The number of rotatable bonds is 2. The van der Waals surface area contributed by atoms with E-state index in [1.165, 1.54) is 0 Å². The van der Waals surface area contributed by atoms with Gasteiger partial charge in [0.1, 0.15) is 0 Å². The quantitative estimate of drug-likeness (QED) is 0.816. The zero-order chi connectivity index (χ0) is 11.7. The summed E-state index contributed by atoms with van der Waals surface area (Å²) in [6, 6.07) is 5.19. The molecule has 0 fully saturated rings. The van der Waals surface area contributed by atoms with Gasteiger partial charge in [-0.2, -0.15) is 0 Å². The fourth-order valence-electron chi connectivity index (χ4n) is 1.28. The predicted molar refractivity (Wildman–Crippen MR) is 63.2 cm³/mol. The van der Waals surface area contributed by atoms with Gasteiger partial charge in [-0.1, -0.05) is 25.4 Å². The van der Waals surface area contributed by atoms with E-state index >= 15 is 0 Å². The molecule has 0 aliphatic heterocycles. The maximum atomic E-state index is 6.05. The first-order valence-electron chi connectivity index (χ1n) is 4.96. The molecule has 0 aliphatic carbocycles. The third kappa shape index (κ3) is 2.02. The van der Waals surface area contributed by atoms with Crippen LogP contribution in [0.2, 0.25) is 5.02 Å². The molecule has 0 atom stereocenters. The van der Waals surface area contributed by atoms with Crippen molar-refractivity contribution in [3.8, 4) is 11.5 Å². The Balaban J connectivity index is 2.42. The van der Waals surface area contributed by atoms with Gasteiger partial charge in [0.15, 0.2) is 0 Å². The van der Waals surface area contributed by atoms with Gasteiger partial charge in [0.05, 0.1) is 10.6 Å². The van der Waals surface area contributed by atoms with E-state index < -0.39 is 0 Å². The predicted octanol–water partition coefficient (Wildman–Crippen LogP) is 3.10. The van der Waals surface area contributed by atoms with Gasteiger partial charge in [-0.05, 0) is 18.2 Å². The SMILES string of the molecule is CC(C)c1nnc(-c2ccc(N)cc2Cl)o1. The molecule has 0 spiro atoms. The van der Waals surface area contributed by atoms with E-state index in [1.807, 2.05) is 13.8 Å². The molecule has 0 saturated carbocycles. The fourth-order valence-corrected chi connectivity index (χ4v) is 1.55. The summed E-state index contributed by atoms with van der Waals surface area (Å²) >= 11 is 6.05. The minimum atomic E-state index is 0.203. The van der Waals surface area contributed by atoms with Crippen LogP contribution in [-0.4, -0.2) is 10.2 Å². The van der Waals surface area contributed by atoms with Crippen molar-refractivity contribution in [1.82, 2.24) is 10.2 Å². The highest BCUT2D eigenvalue weighted by molar-refractivity contribution is 6.33. The van der Waals surface area contributed by atoms with E-state index in [4.69, 9.17) is 21.8 Å². The van der Waals surface area contributed by atoms with Crippen molar-refractivity contribution in [2.24, 2.45) is 0 Å². The van der Waals surface area contributed by atoms with Crippen LogP contribution < -0.4 is 5.73 Å². The number of anilines is 1. The molecular formula is C11H12ClN3O. The first-order chi connectivity index (χ1) is 7.58. The normalized spacial score (nSPS) is 11.0. The van der Waals surface area contributed by atoms with Crippen LogP contribution in [0, 0.1) is 0 Å². The van der Waals surface area contributed by atoms with Crippen LogP contribution in [0.1, 0.15) is 25.7 Å². The smallest absolute Gasteiger partial charge is 0.249 e. The molecule has 84 valence electrons. The summed E-state index contributed by atoms with van der Waals surface area (Å²) in [4.78, 5) is 0. The lowest BCUT2D eigenvalue weighted by Gasteiger charge is -2.00. The Bertz CT molecular complexity index is 508. The van der Waals surface area contributed by atoms with Gasteiger partial charge in [0, 0.05) is 11.6 Å². The van der Waals surface area contributed by atoms with E-state index in [2.05, 4.69) is 10.2 Å². The zero-order valence-corrected chi connectivity index (χ0v) is 9.82. The number of hydrogen-bond acceptors (Lipinski definition) is 4. The molecule has 1 heterocycles. The monoisotopic (exact) mass is 237 g/mol. The first-order valence-corrected chi connectivity index (χ1v) is 5.34. The molecule has 2 rings (SSSR count). The highest BCUT2D eigenvalue weighted by atomic mass is 35.5. The van der Waals surface area contributed by atoms with Gasteiger partial charge in [-0.25, -0.2) is 0 Å². The molecule has 4 nitrogen and oxygen atoms in total. The molecule has 0 saturated heterocycles. The Morgan fingerprint density at radius 1 is 1.31 bits per heavy atom. The fraction of sp³-hybridized carbons (Fsp3) is 0.273. The van der Waals surface area contributed by atoms with E-state index in [1.54, 1.807) is 18.2 Å². The Morgan fingerprint density at radius 2 is 2.06 bits per heavy atom. The summed E-state index contributed by atoms with van der Waals surface area (Å²) in [5.74, 6) is 1.23. The minimum Gasteiger partial charge on any atom is -0.420 e. The van der Waals surface area contributed by atoms with Gasteiger partial charge in [-0.3, -0.25) is 0 Å². The average molecular weight is 238 g/mol. The van der Waals surface area contributed by atoms with Crippen LogP contribution in [0.4, 0.5) is 5.69 Å². The highest BCUT2D eigenvalue weighted by Crippen LogP contribution is 2.29. The number of aromatic nitrogens is 2. The summed E-state index contributed by atoms with van der Waals surface area (Å²) < 4.78 is 5.50. The second-order valence-corrected chi connectivity index (χ2v) is 4.25. The zero-order valence-electron chi connectivity index (χ0n) is 9.07. The molecule has 16 heavy (non-hydrogen) atoms. The van der Waals surface area contributed by atoms with Crippen molar-refractivity contribution in [1.29, 1.82) is 0 Å². The van der Waals surface area contributed by atoms with E-state index in [-0.39, 0.29) is 5.92 Å². The molecular weight excluding hydrogens is 226 g/mol. The third-order valence-electron chi connectivity index (χ3n) is 2.16. The van der Waals surface area contributed by atoms with E-state index in [0.717, 1.165) is 0 Å². The summed E-state index contributed by atoms with van der Waals surface area (Å²) in [5.41, 5.74) is 6.92. The number of hydrogen-bond donors (Lipinski definition) is 1. The van der Waals surface area contributed by atoms with Crippen LogP contribution in [0.5, 0.6) is 0 Å². The number of nitrogen functional groups attached to an aromatic ring is 1. The van der Waals surface area contributed by atoms with Crippen molar-refractivity contribution in [2.45, 2.75) is 19.8 Å². The number of nitrogens with two attached hydrogens (primary N) is 1. The molecule has 1 aromatic heterocycles. The maximum absolute atomic E-state index is 6.05. The van der Waals surface area contributed by atoms with E-state index in [0.29, 0.717) is 28.1 Å². The summed E-state index contributed by atoms with van der Waals surface area (Å²) in [6.45, 7) is 3.98. The van der Waals surface area contributed by atoms with Crippen LogP contribution in [-0.2, 0) is 0 Å². The molecule has 0 bridgehead atoms. The van der Waals surface area contributed by atoms with Crippen LogP contribution in [0.25, 0.3) is 11.5 Å². The average Bonchev–Trinajstić information content (AvgIpc) is 2.66. The Kier molecular flexibility index (Phi) is 2.83. The van der Waals surface area contributed by atoms with Crippen LogP contribution in [0.15, 0.2) is 22.6 Å². The first kappa shape index (κ1) is 11.0. The molecule has 0 aliphatic rings. The lowest BCUT2D eigenvalue weighted by molar-refractivity contribution is 0.481. The lowest BCUT2D eigenvalue weighted by Crippen LogP contribution is -1.86. The second-order valence-electron chi connectivity index (χ2n) is 3.84. The van der Waals surface area contributed by atoms with Gasteiger partial charge >= 0.3 is 0 Å². The van der Waals surface area contributed by atoms with Crippen molar-refractivity contribution >= 4 is 17.3 Å². The van der Waals surface area contributed by atoms with E-state index in [9.17, 15) is 0 Å². The molecule has 0 amide bonds. The Labute approximate surface area is 98.4 Å². The van der Waals surface area contributed by atoms with Gasteiger partial charge in [0.25, 0.3) is 0 Å². The molecule has 1 aromatic carbocycles. The molecule has 0 radical (unpaired) electrons. The largest absolute Gasteiger partial charge is 0.420 e. The van der Waals surface area contributed by atoms with Gasteiger partial charge in [0.2, 0.25) is 11.8 Å².